The molecule has 3 heteroatoms. The zero-order chi connectivity index (χ0) is 13.7. The zero-order valence-electron chi connectivity index (χ0n) is 10.8. The highest BCUT2D eigenvalue weighted by atomic mass is 16.4. The van der Waals surface area contributed by atoms with Gasteiger partial charge >= 0.3 is 5.97 Å². The van der Waals surface area contributed by atoms with Crippen molar-refractivity contribution in [1.82, 2.24) is 0 Å². The monoisotopic (exact) mass is 255 g/mol. The maximum absolute atomic E-state index is 11.6. The molecule has 2 aromatic carbocycles. The van der Waals surface area contributed by atoms with Crippen LogP contribution in [0, 0.1) is 0 Å². The molecule has 0 aliphatic carbocycles. The van der Waals surface area contributed by atoms with E-state index in [9.17, 15) is 9.90 Å². The number of benzene rings is 2. The maximum atomic E-state index is 11.6. The minimum Gasteiger partial charge on any atom is -0.480 e. The summed E-state index contributed by atoms with van der Waals surface area (Å²) >= 11 is 0. The first-order valence-corrected chi connectivity index (χ1v) is 6.21. The van der Waals surface area contributed by atoms with Crippen molar-refractivity contribution in [1.29, 1.82) is 0 Å². The molecule has 0 spiro atoms. The largest absolute Gasteiger partial charge is 0.480 e. The minimum absolute atomic E-state index is 0.429. The van der Waals surface area contributed by atoms with Crippen molar-refractivity contribution in [3.8, 4) is 0 Å². The van der Waals surface area contributed by atoms with Crippen LogP contribution in [-0.2, 0) is 11.2 Å². The Balaban J connectivity index is 2.21. The molecule has 0 amide bonds. The second-order valence-corrected chi connectivity index (χ2v) is 4.79. The molecule has 3 nitrogen and oxygen atoms in total. The highest BCUT2D eigenvalue weighted by Gasteiger charge is 2.33. The van der Waals surface area contributed by atoms with Gasteiger partial charge in [-0.25, -0.2) is 4.79 Å². The van der Waals surface area contributed by atoms with Crippen molar-refractivity contribution in [3.63, 3.8) is 0 Å². The van der Waals surface area contributed by atoms with Crippen molar-refractivity contribution in [2.75, 3.05) is 5.32 Å². The number of carboxylic acids is 1. The second-order valence-electron chi connectivity index (χ2n) is 4.79. The van der Waals surface area contributed by atoms with Gasteiger partial charge < -0.3 is 10.4 Å². The van der Waals surface area contributed by atoms with E-state index < -0.39 is 11.5 Å². The molecule has 0 radical (unpaired) electrons. The summed E-state index contributed by atoms with van der Waals surface area (Å²) in [5.41, 5.74) is 0.780. The van der Waals surface area contributed by atoms with E-state index in [-0.39, 0.29) is 0 Å². The Kier molecular flexibility index (Phi) is 3.85. The summed E-state index contributed by atoms with van der Waals surface area (Å²) in [6.45, 7) is 1.70. The Bertz CT molecular complexity index is 496. The van der Waals surface area contributed by atoms with Crippen molar-refractivity contribution >= 4 is 11.7 Å². The van der Waals surface area contributed by atoms with E-state index in [1.54, 1.807) is 6.92 Å². The number of rotatable bonds is 5. The van der Waals surface area contributed by atoms with Crippen LogP contribution in [0.1, 0.15) is 12.5 Å². The van der Waals surface area contributed by atoms with Crippen LogP contribution in [0.3, 0.4) is 0 Å². The number of anilines is 1. The van der Waals surface area contributed by atoms with Crippen molar-refractivity contribution in [3.05, 3.63) is 66.2 Å². The molecule has 0 aromatic heterocycles. The summed E-state index contributed by atoms with van der Waals surface area (Å²) < 4.78 is 0. The summed E-state index contributed by atoms with van der Waals surface area (Å²) in [4.78, 5) is 11.6. The molecule has 0 unspecified atom stereocenters. The van der Waals surface area contributed by atoms with Crippen LogP contribution >= 0.6 is 0 Å². The van der Waals surface area contributed by atoms with Crippen LogP contribution in [-0.4, -0.2) is 16.6 Å². The molecule has 0 bridgehead atoms. The molecule has 19 heavy (non-hydrogen) atoms. The van der Waals surface area contributed by atoms with Gasteiger partial charge in [0.2, 0.25) is 0 Å². The summed E-state index contributed by atoms with van der Waals surface area (Å²) in [6.07, 6.45) is 0.429. The molecule has 0 saturated heterocycles. The molecule has 0 saturated carbocycles. The topological polar surface area (TPSA) is 49.3 Å². The Morgan fingerprint density at radius 2 is 1.58 bits per heavy atom. The Hall–Kier alpha value is -2.29. The van der Waals surface area contributed by atoms with Crippen LogP contribution in [0.25, 0.3) is 0 Å². The molecule has 0 heterocycles. The van der Waals surface area contributed by atoms with Gasteiger partial charge in [-0.2, -0.15) is 0 Å². The number of carboxylic acid groups (broad SMARTS) is 1. The SMILES string of the molecule is C[C@](Cc1ccccc1)(Nc1ccccc1)C(=O)O. The van der Waals surface area contributed by atoms with Crippen LogP contribution < -0.4 is 5.32 Å². The molecule has 0 fully saturated rings. The van der Waals surface area contributed by atoms with E-state index in [4.69, 9.17) is 0 Å². The molecule has 1 atom stereocenters. The van der Waals surface area contributed by atoms with Crippen molar-refractivity contribution in [2.24, 2.45) is 0 Å². The van der Waals surface area contributed by atoms with Crippen LogP contribution in [0.2, 0.25) is 0 Å². The van der Waals surface area contributed by atoms with Gasteiger partial charge in [0.05, 0.1) is 0 Å². The fourth-order valence-corrected chi connectivity index (χ4v) is 2.02. The lowest BCUT2D eigenvalue weighted by Crippen LogP contribution is -2.45. The van der Waals surface area contributed by atoms with Gasteiger partial charge in [-0.05, 0) is 24.6 Å². The third-order valence-electron chi connectivity index (χ3n) is 3.07. The quantitative estimate of drug-likeness (QED) is 0.862. The number of carbonyl (C=O) groups is 1. The van der Waals surface area contributed by atoms with Crippen molar-refractivity contribution < 1.29 is 9.90 Å². The second kappa shape index (κ2) is 5.57. The summed E-state index contributed by atoms with van der Waals surface area (Å²) in [5, 5.41) is 12.6. The first-order chi connectivity index (χ1) is 9.10. The number of hydrogen-bond donors (Lipinski definition) is 2. The minimum atomic E-state index is -1.03. The number of aliphatic carboxylic acids is 1. The molecule has 0 aliphatic heterocycles. The standard InChI is InChI=1S/C16H17NO2/c1-16(15(18)19,12-13-8-4-2-5-9-13)17-14-10-6-3-7-11-14/h2-11,17H,12H2,1H3,(H,18,19)/t16-/m1/s1. The van der Waals surface area contributed by atoms with Gasteiger partial charge in [-0.3, -0.25) is 0 Å². The van der Waals surface area contributed by atoms with E-state index in [0.717, 1.165) is 11.3 Å². The van der Waals surface area contributed by atoms with Crippen molar-refractivity contribution in [2.45, 2.75) is 18.9 Å². The van der Waals surface area contributed by atoms with E-state index in [0.29, 0.717) is 6.42 Å². The molecule has 2 N–H and O–H groups in total. The molecule has 2 aromatic rings. The third kappa shape index (κ3) is 3.35. The molecular weight excluding hydrogens is 238 g/mol. The first kappa shape index (κ1) is 13.1. The van der Waals surface area contributed by atoms with Crippen LogP contribution in [0.5, 0.6) is 0 Å². The lowest BCUT2D eigenvalue weighted by Gasteiger charge is -2.27. The first-order valence-electron chi connectivity index (χ1n) is 6.21. The number of nitrogens with one attached hydrogen (secondary N) is 1. The highest BCUT2D eigenvalue weighted by Crippen LogP contribution is 2.20. The number of hydrogen-bond acceptors (Lipinski definition) is 2. The fraction of sp³-hybridized carbons (Fsp3) is 0.188. The Labute approximate surface area is 112 Å². The van der Waals surface area contributed by atoms with Gasteiger partial charge in [0, 0.05) is 12.1 Å². The Morgan fingerprint density at radius 3 is 2.11 bits per heavy atom. The fourth-order valence-electron chi connectivity index (χ4n) is 2.02. The van der Waals surface area contributed by atoms with E-state index in [1.165, 1.54) is 0 Å². The normalized spacial score (nSPS) is 13.5. The van der Waals surface area contributed by atoms with Gasteiger partial charge in [-0.15, -0.1) is 0 Å². The van der Waals surface area contributed by atoms with Crippen LogP contribution in [0.15, 0.2) is 60.7 Å². The predicted octanol–water partition coefficient (Wildman–Crippen LogP) is 3.18. The molecular formula is C16H17NO2. The highest BCUT2D eigenvalue weighted by molar-refractivity contribution is 5.82. The third-order valence-corrected chi connectivity index (χ3v) is 3.07. The average molecular weight is 255 g/mol. The lowest BCUT2D eigenvalue weighted by atomic mass is 9.92. The maximum Gasteiger partial charge on any atom is 0.329 e. The summed E-state index contributed by atoms with van der Waals surface area (Å²) in [6, 6.07) is 19.0. The van der Waals surface area contributed by atoms with Crippen LogP contribution in [0.4, 0.5) is 5.69 Å². The van der Waals surface area contributed by atoms with Gasteiger partial charge in [0.25, 0.3) is 0 Å². The summed E-state index contributed by atoms with van der Waals surface area (Å²) in [7, 11) is 0. The van der Waals surface area contributed by atoms with E-state index in [1.807, 2.05) is 60.7 Å². The average Bonchev–Trinajstić information content (AvgIpc) is 2.40. The van der Waals surface area contributed by atoms with Gasteiger partial charge in [0.15, 0.2) is 0 Å². The van der Waals surface area contributed by atoms with E-state index in [2.05, 4.69) is 5.32 Å². The lowest BCUT2D eigenvalue weighted by molar-refractivity contribution is -0.141. The Morgan fingerprint density at radius 1 is 1.05 bits per heavy atom. The van der Waals surface area contributed by atoms with Gasteiger partial charge in [0.1, 0.15) is 5.54 Å². The molecule has 98 valence electrons. The van der Waals surface area contributed by atoms with E-state index >= 15 is 0 Å². The zero-order valence-corrected chi connectivity index (χ0v) is 10.8. The molecule has 0 aliphatic rings. The smallest absolute Gasteiger partial charge is 0.329 e. The number of para-hydroxylation sites is 1. The van der Waals surface area contributed by atoms with Gasteiger partial charge in [-0.1, -0.05) is 48.5 Å². The summed E-state index contributed by atoms with van der Waals surface area (Å²) in [5.74, 6) is -0.861. The predicted molar refractivity (Wildman–Crippen MR) is 76.3 cm³/mol. The molecule has 2 rings (SSSR count).